The zero-order valence-corrected chi connectivity index (χ0v) is 14.6. The summed E-state index contributed by atoms with van der Waals surface area (Å²) < 4.78 is 0. The fourth-order valence-electron chi connectivity index (χ4n) is 4.52. The van der Waals surface area contributed by atoms with Crippen molar-refractivity contribution in [3.8, 4) is 0 Å². The van der Waals surface area contributed by atoms with Crippen molar-refractivity contribution in [2.45, 2.75) is 64.5 Å². The Balaban J connectivity index is 1.69. The van der Waals surface area contributed by atoms with Crippen LogP contribution in [0.1, 0.15) is 57.1 Å². The third kappa shape index (κ3) is 3.45. The summed E-state index contributed by atoms with van der Waals surface area (Å²) >= 11 is 0. The summed E-state index contributed by atoms with van der Waals surface area (Å²) in [6.45, 7) is 6.27. The molecule has 3 nitrogen and oxygen atoms in total. The van der Waals surface area contributed by atoms with Crippen molar-refractivity contribution in [3.05, 3.63) is 35.4 Å². The molecule has 2 fully saturated rings. The van der Waals surface area contributed by atoms with Gasteiger partial charge in [0.25, 0.3) is 0 Å². The van der Waals surface area contributed by atoms with E-state index in [1.54, 1.807) is 0 Å². The lowest BCUT2D eigenvalue weighted by molar-refractivity contribution is -0.129. The van der Waals surface area contributed by atoms with E-state index < -0.39 is 0 Å². The van der Waals surface area contributed by atoms with Gasteiger partial charge >= 0.3 is 0 Å². The summed E-state index contributed by atoms with van der Waals surface area (Å²) in [6, 6.07) is 8.72. The van der Waals surface area contributed by atoms with Gasteiger partial charge in [-0.25, -0.2) is 0 Å². The molecule has 126 valence electrons. The summed E-state index contributed by atoms with van der Waals surface area (Å²) in [5.41, 5.74) is 8.40. The minimum Gasteiger partial charge on any atom is -0.347 e. The standard InChI is InChI=1S/C20H30N2O/c1-13-6-4-9-17(10-13)20(2,3)22-19(23)16-11-14-7-5-8-15(12-16)18(14)21/h4,6,9-10,14-16,18H,5,7-8,11-12,21H2,1-3H3,(H,22,23). The van der Waals surface area contributed by atoms with Crippen LogP contribution >= 0.6 is 0 Å². The van der Waals surface area contributed by atoms with E-state index in [0.29, 0.717) is 17.9 Å². The zero-order valence-electron chi connectivity index (χ0n) is 14.6. The molecular weight excluding hydrogens is 284 g/mol. The third-order valence-corrected chi connectivity index (χ3v) is 5.96. The number of nitrogens with two attached hydrogens (primary N) is 1. The molecule has 1 aromatic rings. The second-order valence-corrected chi connectivity index (χ2v) is 8.18. The van der Waals surface area contributed by atoms with Gasteiger partial charge in [-0.2, -0.15) is 0 Å². The molecule has 1 aromatic carbocycles. The molecule has 2 atom stereocenters. The van der Waals surface area contributed by atoms with Crippen LogP contribution in [0.3, 0.4) is 0 Å². The minimum atomic E-state index is -0.336. The number of aryl methyl sites for hydroxylation is 1. The second kappa shape index (κ2) is 6.27. The van der Waals surface area contributed by atoms with Crippen molar-refractivity contribution in [1.29, 1.82) is 0 Å². The van der Waals surface area contributed by atoms with Gasteiger partial charge in [0.1, 0.15) is 0 Å². The largest absolute Gasteiger partial charge is 0.347 e. The number of rotatable bonds is 3. The van der Waals surface area contributed by atoms with Crippen LogP contribution in [0.2, 0.25) is 0 Å². The molecule has 2 saturated carbocycles. The maximum atomic E-state index is 12.9. The lowest BCUT2D eigenvalue weighted by Crippen LogP contribution is -2.51. The second-order valence-electron chi connectivity index (χ2n) is 8.18. The number of nitrogens with one attached hydrogen (secondary N) is 1. The number of carbonyl (C=O) groups excluding carboxylic acids is 1. The van der Waals surface area contributed by atoms with Gasteiger partial charge in [-0.05, 0) is 63.9 Å². The fraction of sp³-hybridized carbons (Fsp3) is 0.650. The van der Waals surface area contributed by atoms with E-state index in [0.717, 1.165) is 12.8 Å². The number of hydrogen-bond donors (Lipinski definition) is 2. The molecule has 0 heterocycles. The quantitative estimate of drug-likeness (QED) is 0.897. The smallest absolute Gasteiger partial charge is 0.223 e. The maximum Gasteiger partial charge on any atom is 0.223 e. The summed E-state index contributed by atoms with van der Waals surface area (Å²) in [5.74, 6) is 1.43. The van der Waals surface area contributed by atoms with Gasteiger partial charge in [-0.3, -0.25) is 4.79 Å². The molecule has 23 heavy (non-hydrogen) atoms. The highest BCUT2D eigenvalue weighted by Gasteiger charge is 2.41. The Hall–Kier alpha value is -1.35. The lowest BCUT2D eigenvalue weighted by Gasteiger charge is -2.44. The highest BCUT2D eigenvalue weighted by Crippen LogP contribution is 2.42. The average Bonchev–Trinajstić information content (AvgIpc) is 2.46. The van der Waals surface area contributed by atoms with Crippen molar-refractivity contribution in [2.24, 2.45) is 23.5 Å². The molecule has 2 aliphatic carbocycles. The molecule has 2 aliphatic rings. The Labute approximate surface area is 140 Å². The van der Waals surface area contributed by atoms with Crippen LogP contribution in [0, 0.1) is 24.7 Å². The molecule has 2 unspecified atom stereocenters. The van der Waals surface area contributed by atoms with Crippen molar-refractivity contribution < 1.29 is 4.79 Å². The van der Waals surface area contributed by atoms with Crippen LogP contribution in [0.5, 0.6) is 0 Å². The monoisotopic (exact) mass is 314 g/mol. The first-order chi connectivity index (χ1) is 10.9. The van der Waals surface area contributed by atoms with E-state index in [4.69, 9.17) is 5.73 Å². The fourth-order valence-corrected chi connectivity index (χ4v) is 4.52. The molecule has 0 radical (unpaired) electrons. The Morgan fingerprint density at radius 3 is 2.48 bits per heavy atom. The first kappa shape index (κ1) is 16.5. The van der Waals surface area contributed by atoms with Crippen LogP contribution in [0.15, 0.2) is 24.3 Å². The first-order valence-electron chi connectivity index (χ1n) is 9.01. The molecule has 0 spiro atoms. The van der Waals surface area contributed by atoms with Crippen LogP contribution in [0.4, 0.5) is 0 Å². The van der Waals surface area contributed by atoms with Crippen LogP contribution in [0.25, 0.3) is 0 Å². The molecule has 0 saturated heterocycles. The average molecular weight is 314 g/mol. The highest BCUT2D eigenvalue weighted by atomic mass is 16.2. The Morgan fingerprint density at radius 2 is 1.87 bits per heavy atom. The molecule has 3 rings (SSSR count). The summed E-state index contributed by atoms with van der Waals surface area (Å²) in [5, 5.41) is 3.29. The topological polar surface area (TPSA) is 55.1 Å². The Morgan fingerprint density at radius 1 is 1.22 bits per heavy atom. The van der Waals surface area contributed by atoms with E-state index in [2.05, 4.69) is 50.4 Å². The zero-order chi connectivity index (χ0) is 16.6. The summed E-state index contributed by atoms with van der Waals surface area (Å²) in [6.07, 6.45) is 5.61. The van der Waals surface area contributed by atoms with Crippen LogP contribution in [-0.2, 0) is 10.3 Å². The van der Waals surface area contributed by atoms with Crippen molar-refractivity contribution in [2.75, 3.05) is 0 Å². The molecule has 1 amide bonds. The maximum absolute atomic E-state index is 12.9. The van der Waals surface area contributed by atoms with Gasteiger partial charge in [0.15, 0.2) is 0 Å². The molecular formula is C20H30N2O. The van der Waals surface area contributed by atoms with E-state index in [-0.39, 0.29) is 17.4 Å². The van der Waals surface area contributed by atoms with E-state index in [1.807, 2.05) is 0 Å². The molecule has 3 N–H and O–H groups in total. The van der Waals surface area contributed by atoms with E-state index in [9.17, 15) is 4.79 Å². The van der Waals surface area contributed by atoms with Gasteiger partial charge in [0, 0.05) is 12.0 Å². The van der Waals surface area contributed by atoms with Crippen molar-refractivity contribution in [1.82, 2.24) is 5.32 Å². The number of amides is 1. The Kier molecular flexibility index (Phi) is 4.50. The number of benzene rings is 1. The van der Waals surface area contributed by atoms with E-state index in [1.165, 1.54) is 30.4 Å². The van der Waals surface area contributed by atoms with Crippen LogP contribution < -0.4 is 11.1 Å². The Bertz CT molecular complexity index is 567. The molecule has 3 heteroatoms. The molecule has 0 aromatic heterocycles. The third-order valence-electron chi connectivity index (χ3n) is 5.96. The van der Waals surface area contributed by atoms with Gasteiger partial charge in [0.2, 0.25) is 5.91 Å². The number of fused-ring (bicyclic) bond motifs is 2. The minimum absolute atomic E-state index is 0.134. The van der Waals surface area contributed by atoms with Gasteiger partial charge in [-0.15, -0.1) is 0 Å². The normalized spacial score (nSPS) is 30.8. The molecule has 2 bridgehead atoms. The number of carbonyl (C=O) groups is 1. The van der Waals surface area contributed by atoms with Crippen molar-refractivity contribution >= 4 is 5.91 Å². The van der Waals surface area contributed by atoms with E-state index >= 15 is 0 Å². The van der Waals surface area contributed by atoms with Gasteiger partial charge in [-0.1, -0.05) is 36.2 Å². The SMILES string of the molecule is Cc1cccc(C(C)(C)NC(=O)C2CC3CCCC(C2)C3N)c1. The summed E-state index contributed by atoms with van der Waals surface area (Å²) in [7, 11) is 0. The van der Waals surface area contributed by atoms with Gasteiger partial charge < -0.3 is 11.1 Å². The number of hydrogen-bond acceptors (Lipinski definition) is 2. The predicted octanol–water partition coefficient (Wildman–Crippen LogP) is 3.50. The van der Waals surface area contributed by atoms with Crippen LogP contribution in [-0.4, -0.2) is 11.9 Å². The summed E-state index contributed by atoms with van der Waals surface area (Å²) in [4.78, 5) is 12.9. The molecule has 0 aliphatic heterocycles. The van der Waals surface area contributed by atoms with Gasteiger partial charge in [0.05, 0.1) is 5.54 Å². The highest BCUT2D eigenvalue weighted by molar-refractivity contribution is 5.79. The lowest BCUT2D eigenvalue weighted by atomic mass is 9.65. The van der Waals surface area contributed by atoms with Crippen molar-refractivity contribution in [3.63, 3.8) is 0 Å². The predicted molar refractivity (Wildman–Crippen MR) is 93.9 cm³/mol. The first-order valence-corrected chi connectivity index (χ1v) is 9.01.